The van der Waals surface area contributed by atoms with Gasteiger partial charge < -0.3 is 5.32 Å². The first-order valence-electron chi connectivity index (χ1n) is 8.00. The molecule has 3 aromatic rings. The van der Waals surface area contributed by atoms with E-state index in [1.165, 1.54) is 18.3 Å². The molecule has 1 aromatic carbocycles. The van der Waals surface area contributed by atoms with Crippen LogP contribution >= 0.6 is 0 Å². The zero-order valence-corrected chi connectivity index (χ0v) is 14.1. The third-order valence-corrected chi connectivity index (χ3v) is 3.79. The van der Waals surface area contributed by atoms with Crippen molar-refractivity contribution in [1.29, 1.82) is 0 Å². The molecule has 2 aromatic heterocycles. The first kappa shape index (κ1) is 16.8. The van der Waals surface area contributed by atoms with Crippen molar-refractivity contribution in [2.75, 3.05) is 6.54 Å². The molecule has 2 heterocycles. The highest BCUT2D eigenvalue weighted by Crippen LogP contribution is 2.21. The summed E-state index contributed by atoms with van der Waals surface area (Å²) in [6.07, 6.45) is 2.17. The average molecular weight is 342 g/mol. The molecular weight excluding hydrogens is 323 g/mol. The molecule has 0 unspecified atom stereocenters. The molecule has 0 saturated carbocycles. The summed E-state index contributed by atoms with van der Waals surface area (Å²) < 4.78 is 15.2. The van der Waals surface area contributed by atoms with Crippen LogP contribution in [0, 0.1) is 19.7 Å². The van der Waals surface area contributed by atoms with E-state index >= 15 is 0 Å². The predicted octanol–water partition coefficient (Wildman–Crippen LogP) is 2.24. The number of nitrogens with zero attached hydrogens (tertiary/aromatic N) is 4. The number of nitrogens with one attached hydrogen (secondary N) is 2. The Bertz CT molecular complexity index is 885. The third kappa shape index (κ3) is 3.90. The minimum absolute atomic E-state index is 0.250. The van der Waals surface area contributed by atoms with Gasteiger partial charge in [-0.25, -0.2) is 9.37 Å². The third-order valence-electron chi connectivity index (χ3n) is 3.79. The standard InChI is InChI=1S/C17H19FN6O/c1-11-21-12(2)24(23-11)8-4-7-19-17(25)15-10-20-22-16(15)13-5-3-6-14(18)9-13/h3,5-6,9-10H,4,7-8H2,1-2H3,(H,19,25)(H,20,22). The first-order chi connectivity index (χ1) is 12.0. The van der Waals surface area contributed by atoms with Crippen molar-refractivity contribution in [3.8, 4) is 11.3 Å². The smallest absolute Gasteiger partial charge is 0.255 e. The minimum Gasteiger partial charge on any atom is -0.352 e. The molecule has 2 N–H and O–H groups in total. The van der Waals surface area contributed by atoms with Crippen molar-refractivity contribution in [2.45, 2.75) is 26.8 Å². The van der Waals surface area contributed by atoms with Gasteiger partial charge in [-0.2, -0.15) is 10.2 Å². The molecule has 0 aliphatic rings. The number of aryl methyl sites for hydroxylation is 3. The van der Waals surface area contributed by atoms with Gasteiger partial charge in [-0.15, -0.1) is 0 Å². The second kappa shape index (κ2) is 7.25. The Kier molecular flexibility index (Phi) is 4.87. The number of carbonyl (C=O) groups is 1. The van der Waals surface area contributed by atoms with E-state index in [1.807, 2.05) is 18.5 Å². The van der Waals surface area contributed by atoms with E-state index in [2.05, 4.69) is 25.6 Å². The fourth-order valence-corrected chi connectivity index (χ4v) is 2.62. The molecule has 0 radical (unpaired) electrons. The second-order valence-electron chi connectivity index (χ2n) is 5.71. The summed E-state index contributed by atoms with van der Waals surface area (Å²) in [6, 6.07) is 6.03. The van der Waals surface area contributed by atoms with E-state index in [9.17, 15) is 9.18 Å². The van der Waals surface area contributed by atoms with E-state index in [4.69, 9.17) is 0 Å². The molecule has 3 rings (SSSR count). The van der Waals surface area contributed by atoms with Crippen molar-refractivity contribution < 1.29 is 9.18 Å². The molecule has 0 fully saturated rings. The highest BCUT2D eigenvalue weighted by molar-refractivity contribution is 5.99. The Balaban J connectivity index is 1.59. The van der Waals surface area contributed by atoms with Gasteiger partial charge in [0.25, 0.3) is 5.91 Å². The topological polar surface area (TPSA) is 88.5 Å². The summed E-state index contributed by atoms with van der Waals surface area (Å²) in [5, 5.41) is 13.8. The van der Waals surface area contributed by atoms with Gasteiger partial charge in [0.05, 0.1) is 17.5 Å². The van der Waals surface area contributed by atoms with Crippen LogP contribution in [0.3, 0.4) is 0 Å². The van der Waals surface area contributed by atoms with E-state index in [1.54, 1.807) is 12.1 Å². The fraction of sp³-hybridized carbons (Fsp3) is 0.294. The van der Waals surface area contributed by atoms with E-state index in [0.29, 0.717) is 29.9 Å². The molecule has 8 heteroatoms. The Morgan fingerprint density at radius 2 is 2.20 bits per heavy atom. The number of rotatable bonds is 6. The Morgan fingerprint density at radius 3 is 2.92 bits per heavy atom. The monoisotopic (exact) mass is 342 g/mol. The van der Waals surface area contributed by atoms with Crippen molar-refractivity contribution in [1.82, 2.24) is 30.3 Å². The van der Waals surface area contributed by atoms with Gasteiger partial charge in [-0.1, -0.05) is 12.1 Å². The zero-order valence-electron chi connectivity index (χ0n) is 14.1. The van der Waals surface area contributed by atoms with Crippen LogP contribution in [0.15, 0.2) is 30.5 Å². The number of amides is 1. The normalized spacial score (nSPS) is 10.8. The number of benzene rings is 1. The molecule has 25 heavy (non-hydrogen) atoms. The zero-order chi connectivity index (χ0) is 17.8. The molecule has 0 spiro atoms. The van der Waals surface area contributed by atoms with Crippen LogP contribution in [0.1, 0.15) is 28.4 Å². The summed E-state index contributed by atoms with van der Waals surface area (Å²) in [5.74, 6) is 0.975. The van der Waals surface area contributed by atoms with Crippen LogP contribution in [-0.2, 0) is 6.54 Å². The minimum atomic E-state index is -0.364. The Hall–Kier alpha value is -3.03. The number of hydrogen-bond donors (Lipinski definition) is 2. The molecule has 0 aliphatic carbocycles. The molecule has 7 nitrogen and oxygen atoms in total. The van der Waals surface area contributed by atoms with Gasteiger partial charge in [-0.3, -0.25) is 14.6 Å². The summed E-state index contributed by atoms with van der Waals surface area (Å²) in [4.78, 5) is 16.6. The van der Waals surface area contributed by atoms with Gasteiger partial charge in [-0.05, 0) is 32.4 Å². The van der Waals surface area contributed by atoms with Crippen LogP contribution in [0.2, 0.25) is 0 Å². The summed E-state index contributed by atoms with van der Waals surface area (Å²) in [7, 11) is 0. The van der Waals surface area contributed by atoms with Crippen molar-refractivity contribution >= 4 is 5.91 Å². The Morgan fingerprint density at radius 1 is 1.36 bits per heavy atom. The SMILES string of the molecule is Cc1nc(C)n(CCCNC(=O)c2cn[nH]c2-c2cccc(F)c2)n1. The van der Waals surface area contributed by atoms with Gasteiger partial charge in [0.1, 0.15) is 17.5 Å². The molecule has 0 saturated heterocycles. The second-order valence-corrected chi connectivity index (χ2v) is 5.71. The van der Waals surface area contributed by atoms with E-state index < -0.39 is 0 Å². The van der Waals surface area contributed by atoms with Crippen LogP contribution in [0.5, 0.6) is 0 Å². The lowest BCUT2D eigenvalue weighted by molar-refractivity contribution is 0.0953. The highest BCUT2D eigenvalue weighted by Gasteiger charge is 2.15. The summed E-state index contributed by atoms with van der Waals surface area (Å²) in [6.45, 7) is 4.91. The van der Waals surface area contributed by atoms with Crippen molar-refractivity contribution in [3.63, 3.8) is 0 Å². The molecular formula is C17H19FN6O. The Labute approximate surface area is 144 Å². The lowest BCUT2D eigenvalue weighted by atomic mass is 10.1. The molecule has 130 valence electrons. The van der Waals surface area contributed by atoms with Crippen LogP contribution in [-0.4, -0.2) is 37.4 Å². The van der Waals surface area contributed by atoms with Crippen LogP contribution < -0.4 is 5.32 Å². The van der Waals surface area contributed by atoms with E-state index in [-0.39, 0.29) is 11.7 Å². The summed E-state index contributed by atoms with van der Waals surface area (Å²) >= 11 is 0. The maximum atomic E-state index is 13.4. The maximum absolute atomic E-state index is 13.4. The van der Waals surface area contributed by atoms with Crippen molar-refractivity contribution in [3.05, 3.63) is 53.5 Å². The number of aromatic amines is 1. The average Bonchev–Trinajstić information content (AvgIpc) is 3.18. The van der Waals surface area contributed by atoms with Gasteiger partial charge >= 0.3 is 0 Å². The maximum Gasteiger partial charge on any atom is 0.255 e. The lowest BCUT2D eigenvalue weighted by Crippen LogP contribution is -2.25. The van der Waals surface area contributed by atoms with Gasteiger partial charge in [0, 0.05) is 18.7 Å². The number of carbonyl (C=O) groups excluding carboxylic acids is 1. The molecule has 0 bridgehead atoms. The highest BCUT2D eigenvalue weighted by atomic mass is 19.1. The largest absolute Gasteiger partial charge is 0.352 e. The predicted molar refractivity (Wildman–Crippen MR) is 90.4 cm³/mol. The summed E-state index contributed by atoms with van der Waals surface area (Å²) in [5.41, 5.74) is 1.47. The van der Waals surface area contributed by atoms with Crippen LogP contribution in [0.4, 0.5) is 4.39 Å². The van der Waals surface area contributed by atoms with E-state index in [0.717, 1.165) is 18.1 Å². The number of halogens is 1. The molecule has 0 atom stereocenters. The lowest BCUT2D eigenvalue weighted by Gasteiger charge is -2.07. The number of H-pyrrole nitrogens is 1. The molecule has 1 amide bonds. The molecule has 0 aliphatic heterocycles. The first-order valence-corrected chi connectivity index (χ1v) is 8.00. The van der Waals surface area contributed by atoms with Gasteiger partial charge in [0.15, 0.2) is 0 Å². The fourth-order valence-electron chi connectivity index (χ4n) is 2.62. The van der Waals surface area contributed by atoms with Gasteiger partial charge in [0.2, 0.25) is 0 Å². The number of hydrogen-bond acceptors (Lipinski definition) is 4. The van der Waals surface area contributed by atoms with Crippen molar-refractivity contribution in [2.24, 2.45) is 0 Å². The van der Waals surface area contributed by atoms with Crippen LogP contribution in [0.25, 0.3) is 11.3 Å². The quantitative estimate of drug-likeness (QED) is 0.673. The number of aromatic nitrogens is 5.